The molecule has 1 aromatic heterocycles. The Bertz CT molecular complexity index is 296. The first-order valence-electron chi connectivity index (χ1n) is 5.03. The summed E-state index contributed by atoms with van der Waals surface area (Å²) in [4.78, 5) is 18.2. The van der Waals surface area contributed by atoms with Gasteiger partial charge in [-0.3, -0.25) is 4.98 Å². The lowest BCUT2D eigenvalue weighted by Crippen LogP contribution is -2.31. The average Bonchev–Trinajstić information content (AvgIpc) is 2.72. The molecule has 0 saturated heterocycles. The molecule has 84 valence electrons. The molecule has 0 aliphatic heterocycles. The number of amides is 1. The third-order valence-corrected chi connectivity index (χ3v) is 3.09. The van der Waals surface area contributed by atoms with Crippen LogP contribution < -0.4 is 0 Å². The predicted octanol–water partition coefficient (Wildman–Crippen LogP) is 2.68. The molecule has 0 saturated carbocycles. The molecule has 1 unspecified atom stereocenters. The lowest BCUT2D eigenvalue weighted by atomic mass is 10.3. The van der Waals surface area contributed by atoms with Crippen LogP contribution in [0.15, 0.2) is 11.7 Å². The Morgan fingerprint density at radius 1 is 1.60 bits per heavy atom. The van der Waals surface area contributed by atoms with E-state index in [0.29, 0.717) is 13.1 Å². The van der Waals surface area contributed by atoms with E-state index in [-0.39, 0.29) is 12.2 Å². The summed E-state index contributed by atoms with van der Waals surface area (Å²) in [5.41, 5.74) is 1.73. The number of carbonyl (C=O) groups excluding carboxylic acids is 1. The standard InChI is InChI=1S/C10H16N2O2S/c1-4-12(5-2)10(13)14-8(3)9-6-11-7-15-9/h6-8H,4-5H2,1-3H3. The van der Waals surface area contributed by atoms with Gasteiger partial charge < -0.3 is 9.64 Å². The van der Waals surface area contributed by atoms with E-state index in [1.807, 2.05) is 20.8 Å². The van der Waals surface area contributed by atoms with E-state index in [0.717, 1.165) is 4.88 Å². The van der Waals surface area contributed by atoms with E-state index in [1.54, 1.807) is 16.6 Å². The number of hydrogen-bond donors (Lipinski definition) is 0. The topological polar surface area (TPSA) is 42.4 Å². The summed E-state index contributed by atoms with van der Waals surface area (Å²) in [7, 11) is 0. The van der Waals surface area contributed by atoms with Crippen molar-refractivity contribution in [1.29, 1.82) is 0 Å². The molecule has 0 N–H and O–H groups in total. The van der Waals surface area contributed by atoms with Gasteiger partial charge in [0.15, 0.2) is 0 Å². The number of hydrogen-bond acceptors (Lipinski definition) is 4. The molecule has 1 amide bonds. The van der Waals surface area contributed by atoms with Crippen LogP contribution >= 0.6 is 11.3 Å². The molecular weight excluding hydrogens is 212 g/mol. The van der Waals surface area contributed by atoms with Crippen molar-refractivity contribution in [3.63, 3.8) is 0 Å². The summed E-state index contributed by atoms with van der Waals surface area (Å²) in [6, 6.07) is 0. The van der Waals surface area contributed by atoms with Crippen molar-refractivity contribution >= 4 is 17.4 Å². The maximum atomic E-state index is 11.6. The highest BCUT2D eigenvalue weighted by atomic mass is 32.1. The molecule has 0 fully saturated rings. The molecule has 1 aromatic rings. The van der Waals surface area contributed by atoms with Crippen molar-refractivity contribution in [2.75, 3.05) is 13.1 Å². The molecule has 0 aliphatic carbocycles. The van der Waals surface area contributed by atoms with E-state index < -0.39 is 0 Å². The second-order valence-corrected chi connectivity index (χ2v) is 4.02. The Morgan fingerprint density at radius 2 is 2.27 bits per heavy atom. The summed E-state index contributed by atoms with van der Waals surface area (Å²) >= 11 is 1.49. The normalized spacial score (nSPS) is 12.2. The highest BCUT2D eigenvalue weighted by molar-refractivity contribution is 7.09. The Morgan fingerprint density at radius 3 is 2.73 bits per heavy atom. The lowest BCUT2D eigenvalue weighted by molar-refractivity contribution is 0.0739. The molecule has 0 radical (unpaired) electrons. The van der Waals surface area contributed by atoms with E-state index in [2.05, 4.69) is 4.98 Å². The lowest BCUT2D eigenvalue weighted by Gasteiger charge is -2.20. The highest BCUT2D eigenvalue weighted by Gasteiger charge is 2.16. The van der Waals surface area contributed by atoms with E-state index in [9.17, 15) is 4.79 Å². The number of ether oxygens (including phenoxy) is 1. The molecule has 0 spiro atoms. The molecule has 0 aromatic carbocycles. The molecule has 1 rings (SSSR count). The van der Waals surface area contributed by atoms with Crippen molar-refractivity contribution in [2.24, 2.45) is 0 Å². The van der Waals surface area contributed by atoms with Gasteiger partial charge in [-0.2, -0.15) is 0 Å². The molecule has 1 atom stereocenters. The van der Waals surface area contributed by atoms with Gasteiger partial charge in [-0.15, -0.1) is 11.3 Å². The molecule has 15 heavy (non-hydrogen) atoms. The number of rotatable bonds is 4. The number of nitrogens with zero attached hydrogens (tertiary/aromatic N) is 2. The van der Waals surface area contributed by atoms with E-state index >= 15 is 0 Å². The molecule has 1 heterocycles. The van der Waals surface area contributed by atoms with Gasteiger partial charge in [-0.05, 0) is 20.8 Å². The maximum Gasteiger partial charge on any atom is 0.410 e. The largest absolute Gasteiger partial charge is 0.441 e. The Balaban J connectivity index is 2.51. The predicted molar refractivity (Wildman–Crippen MR) is 59.9 cm³/mol. The van der Waals surface area contributed by atoms with E-state index in [4.69, 9.17) is 4.74 Å². The Hall–Kier alpha value is -1.10. The summed E-state index contributed by atoms with van der Waals surface area (Å²) in [6.45, 7) is 7.06. The minimum absolute atomic E-state index is 0.217. The first-order valence-corrected chi connectivity index (χ1v) is 5.90. The zero-order valence-electron chi connectivity index (χ0n) is 9.27. The van der Waals surface area contributed by atoms with Crippen LogP contribution in [-0.2, 0) is 4.74 Å². The average molecular weight is 228 g/mol. The SMILES string of the molecule is CCN(CC)C(=O)OC(C)c1cncs1. The van der Waals surface area contributed by atoms with Gasteiger partial charge >= 0.3 is 6.09 Å². The molecule has 0 aliphatic rings. The van der Waals surface area contributed by atoms with Crippen LogP contribution in [0.4, 0.5) is 4.79 Å². The minimum atomic E-state index is -0.263. The van der Waals surface area contributed by atoms with Gasteiger partial charge in [0.1, 0.15) is 6.10 Å². The van der Waals surface area contributed by atoms with Crippen LogP contribution in [0.5, 0.6) is 0 Å². The van der Waals surface area contributed by atoms with Crippen LogP contribution in [-0.4, -0.2) is 29.1 Å². The minimum Gasteiger partial charge on any atom is -0.441 e. The Kier molecular flexibility index (Phi) is 4.55. The van der Waals surface area contributed by atoms with Gasteiger partial charge in [0.25, 0.3) is 0 Å². The van der Waals surface area contributed by atoms with Crippen LogP contribution in [0.3, 0.4) is 0 Å². The summed E-state index contributed by atoms with van der Waals surface area (Å²) in [5, 5.41) is 0. The van der Waals surface area contributed by atoms with Crippen LogP contribution in [0, 0.1) is 0 Å². The summed E-state index contributed by atoms with van der Waals surface area (Å²) in [6.07, 6.45) is 1.25. The van der Waals surface area contributed by atoms with Gasteiger partial charge in [-0.1, -0.05) is 0 Å². The number of aromatic nitrogens is 1. The van der Waals surface area contributed by atoms with Crippen molar-refractivity contribution in [2.45, 2.75) is 26.9 Å². The smallest absolute Gasteiger partial charge is 0.410 e. The fraction of sp³-hybridized carbons (Fsp3) is 0.600. The van der Waals surface area contributed by atoms with Gasteiger partial charge in [0, 0.05) is 19.3 Å². The van der Waals surface area contributed by atoms with Crippen molar-refractivity contribution < 1.29 is 9.53 Å². The zero-order chi connectivity index (χ0) is 11.3. The quantitative estimate of drug-likeness (QED) is 0.795. The molecule has 0 bridgehead atoms. The number of thiazole rings is 1. The summed E-state index contributed by atoms with van der Waals surface area (Å²) in [5.74, 6) is 0. The van der Waals surface area contributed by atoms with Gasteiger partial charge in [-0.25, -0.2) is 4.79 Å². The van der Waals surface area contributed by atoms with Crippen molar-refractivity contribution in [3.05, 3.63) is 16.6 Å². The third-order valence-electron chi connectivity index (χ3n) is 2.15. The summed E-state index contributed by atoms with van der Waals surface area (Å²) < 4.78 is 5.30. The maximum absolute atomic E-state index is 11.6. The first kappa shape index (κ1) is 12.0. The monoisotopic (exact) mass is 228 g/mol. The number of carbonyl (C=O) groups is 1. The fourth-order valence-electron chi connectivity index (χ4n) is 1.19. The highest BCUT2D eigenvalue weighted by Crippen LogP contribution is 2.20. The third kappa shape index (κ3) is 3.20. The van der Waals surface area contributed by atoms with Gasteiger partial charge in [0.05, 0.1) is 10.4 Å². The van der Waals surface area contributed by atoms with Crippen LogP contribution in [0.1, 0.15) is 31.8 Å². The van der Waals surface area contributed by atoms with Crippen LogP contribution in [0.2, 0.25) is 0 Å². The van der Waals surface area contributed by atoms with Crippen molar-refractivity contribution in [1.82, 2.24) is 9.88 Å². The molecular formula is C10H16N2O2S. The zero-order valence-corrected chi connectivity index (χ0v) is 10.1. The van der Waals surface area contributed by atoms with Crippen molar-refractivity contribution in [3.8, 4) is 0 Å². The molecule has 4 nitrogen and oxygen atoms in total. The fourth-order valence-corrected chi connectivity index (χ4v) is 1.80. The van der Waals surface area contributed by atoms with Crippen LogP contribution in [0.25, 0.3) is 0 Å². The van der Waals surface area contributed by atoms with Gasteiger partial charge in [0.2, 0.25) is 0 Å². The molecule has 5 heteroatoms. The first-order chi connectivity index (χ1) is 7.19. The van der Waals surface area contributed by atoms with E-state index in [1.165, 1.54) is 11.3 Å². The second kappa shape index (κ2) is 5.70. The Labute approximate surface area is 93.9 Å². The second-order valence-electron chi connectivity index (χ2n) is 3.10.